The maximum atomic E-state index is 5.04. The van der Waals surface area contributed by atoms with Crippen molar-refractivity contribution in [2.75, 3.05) is 20.3 Å². The lowest BCUT2D eigenvalue weighted by Crippen LogP contribution is -2.29. The molecule has 1 aromatic rings. The number of aromatic nitrogens is 1. The van der Waals surface area contributed by atoms with Crippen molar-refractivity contribution in [3.63, 3.8) is 0 Å². The number of nitrogens with zero attached hydrogens (tertiary/aromatic N) is 1. The minimum atomic E-state index is 0.366. The van der Waals surface area contributed by atoms with Gasteiger partial charge in [-0.05, 0) is 5.92 Å². The van der Waals surface area contributed by atoms with Crippen molar-refractivity contribution in [1.82, 2.24) is 10.3 Å². The molecular formula is C11H20N2OS. The Morgan fingerprint density at radius 2 is 2.40 bits per heavy atom. The Kier molecular flexibility index (Phi) is 5.83. The molecule has 1 rings (SSSR count). The van der Waals surface area contributed by atoms with Crippen LogP contribution >= 0.6 is 11.3 Å². The first kappa shape index (κ1) is 12.6. The van der Waals surface area contributed by atoms with Crippen LogP contribution < -0.4 is 5.32 Å². The molecule has 0 aliphatic carbocycles. The van der Waals surface area contributed by atoms with Crippen molar-refractivity contribution < 1.29 is 4.74 Å². The van der Waals surface area contributed by atoms with E-state index in [9.17, 15) is 0 Å². The summed E-state index contributed by atoms with van der Waals surface area (Å²) in [6.07, 6.45) is 3.03. The van der Waals surface area contributed by atoms with Gasteiger partial charge in [0.25, 0.3) is 0 Å². The zero-order valence-corrected chi connectivity index (χ0v) is 10.5. The van der Waals surface area contributed by atoms with Crippen LogP contribution in [-0.4, -0.2) is 25.2 Å². The number of methoxy groups -OCH3 is 1. The first-order valence-corrected chi connectivity index (χ1v) is 6.29. The summed E-state index contributed by atoms with van der Waals surface area (Å²) in [6.45, 7) is 6.10. The molecule has 86 valence electrons. The topological polar surface area (TPSA) is 34.1 Å². The molecule has 1 heterocycles. The highest BCUT2D eigenvalue weighted by Crippen LogP contribution is 2.25. The van der Waals surface area contributed by atoms with Gasteiger partial charge in [0, 0.05) is 25.2 Å². The monoisotopic (exact) mass is 228 g/mol. The molecule has 0 aromatic carbocycles. The quantitative estimate of drug-likeness (QED) is 0.728. The fourth-order valence-corrected chi connectivity index (χ4v) is 2.32. The van der Waals surface area contributed by atoms with Crippen LogP contribution in [0.5, 0.6) is 0 Å². The zero-order chi connectivity index (χ0) is 11.1. The van der Waals surface area contributed by atoms with E-state index in [4.69, 9.17) is 4.74 Å². The molecule has 0 bridgehead atoms. The van der Waals surface area contributed by atoms with Gasteiger partial charge in [0.2, 0.25) is 0 Å². The van der Waals surface area contributed by atoms with E-state index in [2.05, 4.69) is 24.1 Å². The standard InChI is InChI=1S/C11H20N2OS/c1-4-9(2)10(12-5-7-14-3)11-13-6-8-15-11/h6,8-10,12H,4-5,7H2,1-3H3. The molecule has 0 aliphatic heterocycles. The van der Waals surface area contributed by atoms with Gasteiger partial charge in [0.15, 0.2) is 0 Å². The lowest BCUT2D eigenvalue weighted by molar-refractivity contribution is 0.191. The maximum Gasteiger partial charge on any atom is 0.110 e. The van der Waals surface area contributed by atoms with E-state index in [0.717, 1.165) is 19.6 Å². The van der Waals surface area contributed by atoms with Crippen LogP contribution in [0, 0.1) is 5.92 Å². The van der Waals surface area contributed by atoms with E-state index in [1.165, 1.54) is 5.01 Å². The van der Waals surface area contributed by atoms with Gasteiger partial charge in [-0.2, -0.15) is 0 Å². The minimum Gasteiger partial charge on any atom is -0.383 e. The van der Waals surface area contributed by atoms with Gasteiger partial charge in [-0.15, -0.1) is 11.3 Å². The zero-order valence-electron chi connectivity index (χ0n) is 9.69. The van der Waals surface area contributed by atoms with Crippen LogP contribution in [0.3, 0.4) is 0 Å². The highest BCUT2D eigenvalue weighted by atomic mass is 32.1. The van der Waals surface area contributed by atoms with Crippen molar-refractivity contribution in [3.05, 3.63) is 16.6 Å². The number of nitrogens with one attached hydrogen (secondary N) is 1. The minimum absolute atomic E-state index is 0.366. The lowest BCUT2D eigenvalue weighted by atomic mass is 10.00. The molecule has 0 saturated heterocycles. The van der Waals surface area contributed by atoms with Crippen LogP contribution in [0.4, 0.5) is 0 Å². The van der Waals surface area contributed by atoms with Gasteiger partial charge in [-0.1, -0.05) is 20.3 Å². The second-order valence-corrected chi connectivity index (χ2v) is 4.61. The predicted octanol–water partition coefficient (Wildman–Crippen LogP) is 2.47. The second kappa shape index (κ2) is 6.93. The maximum absolute atomic E-state index is 5.04. The van der Waals surface area contributed by atoms with Crippen LogP contribution in [0.1, 0.15) is 31.3 Å². The Morgan fingerprint density at radius 1 is 1.60 bits per heavy atom. The molecule has 0 spiro atoms. The third-order valence-corrected chi connectivity index (χ3v) is 3.46. The number of ether oxygens (including phenoxy) is 1. The lowest BCUT2D eigenvalue weighted by Gasteiger charge is -2.22. The van der Waals surface area contributed by atoms with E-state index >= 15 is 0 Å². The number of thiazole rings is 1. The van der Waals surface area contributed by atoms with Gasteiger partial charge in [0.1, 0.15) is 5.01 Å². The molecule has 0 saturated carbocycles. The fourth-order valence-electron chi connectivity index (χ4n) is 1.47. The smallest absolute Gasteiger partial charge is 0.110 e. The number of hydrogen-bond donors (Lipinski definition) is 1. The Balaban J connectivity index is 2.54. The molecule has 1 N–H and O–H groups in total. The van der Waals surface area contributed by atoms with Crippen LogP contribution in [0.2, 0.25) is 0 Å². The molecule has 15 heavy (non-hydrogen) atoms. The normalized spacial score (nSPS) is 15.1. The van der Waals surface area contributed by atoms with Crippen molar-refractivity contribution in [2.24, 2.45) is 5.92 Å². The first-order valence-electron chi connectivity index (χ1n) is 5.41. The molecule has 0 amide bonds. The summed E-state index contributed by atoms with van der Waals surface area (Å²) in [5.74, 6) is 0.605. The van der Waals surface area contributed by atoms with Gasteiger partial charge in [-0.3, -0.25) is 0 Å². The predicted molar refractivity (Wildman–Crippen MR) is 64.2 cm³/mol. The summed E-state index contributed by atoms with van der Waals surface area (Å²) >= 11 is 1.72. The summed E-state index contributed by atoms with van der Waals surface area (Å²) < 4.78 is 5.04. The number of hydrogen-bond acceptors (Lipinski definition) is 4. The van der Waals surface area contributed by atoms with Crippen molar-refractivity contribution in [1.29, 1.82) is 0 Å². The van der Waals surface area contributed by atoms with Gasteiger partial charge >= 0.3 is 0 Å². The van der Waals surface area contributed by atoms with Gasteiger partial charge < -0.3 is 10.1 Å². The van der Waals surface area contributed by atoms with Crippen molar-refractivity contribution in [2.45, 2.75) is 26.3 Å². The average molecular weight is 228 g/mol. The average Bonchev–Trinajstić information content (AvgIpc) is 2.77. The molecule has 2 atom stereocenters. The molecule has 4 heteroatoms. The Hall–Kier alpha value is -0.450. The van der Waals surface area contributed by atoms with E-state index < -0.39 is 0 Å². The van der Waals surface area contributed by atoms with Gasteiger partial charge in [0.05, 0.1) is 12.6 Å². The fraction of sp³-hybridized carbons (Fsp3) is 0.727. The highest BCUT2D eigenvalue weighted by molar-refractivity contribution is 7.09. The van der Waals surface area contributed by atoms with Crippen LogP contribution in [0.15, 0.2) is 11.6 Å². The largest absolute Gasteiger partial charge is 0.383 e. The third kappa shape index (κ3) is 3.89. The Morgan fingerprint density at radius 3 is 2.93 bits per heavy atom. The summed E-state index contributed by atoms with van der Waals surface area (Å²) in [7, 11) is 1.73. The SMILES string of the molecule is CCC(C)C(NCCOC)c1nccs1. The van der Waals surface area contributed by atoms with E-state index in [-0.39, 0.29) is 0 Å². The summed E-state index contributed by atoms with van der Waals surface area (Å²) in [6, 6.07) is 0.366. The summed E-state index contributed by atoms with van der Waals surface area (Å²) in [5.41, 5.74) is 0. The van der Waals surface area contributed by atoms with Crippen molar-refractivity contribution >= 4 is 11.3 Å². The Labute approximate surface area is 95.9 Å². The molecule has 2 unspecified atom stereocenters. The molecule has 3 nitrogen and oxygen atoms in total. The number of rotatable bonds is 7. The van der Waals surface area contributed by atoms with Crippen molar-refractivity contribution in [3.8, 4) is 0 Å². The van der Waals surface area contributed by atoms with Gasteiger partial charge in [-0.25, -0.2) is 4.98 Å². The molecule has 1 aromatic heterocycles. The first-order chi connectivity index (χ1) is 7.29. The highest BCUT2D eigenvalue weighted by Gasteiger charge is 2.19. The molecule has 0 radical (unpaired) electrons. The summed E-state index contributed by atoms with van der Waals surface area (Å²) in [4.78, 5) is 4.38. The van der Waals surface area contributed by atoms with E-state index in [0.29, 0.717) is 12.0 Å². The molecular weight excluding hydrogens is 208 g/mol. The molecule has 0 fully saturated rings. The second-order valence-electron chi connectivity index (χ2n) is 3.68. The molecule has 0 aliphatic rings. The van der Waals surface area contributed by atoms with E-state index in [1.54, 1.807) is 18.4 Å². The third-order valence-electron chi connectivity index (χ3n) is 2.60. The van der Waals surface area contributed by atoms with Crippen LogP contribution in [0.25, 0.3) is 0 Å². The van der Waals surface area contributed by atoms with E-state index in [1.807, 2.05) is 11.6 Å². The van der Waals surface area contributed by atoms with Crippen LogP contribution in [-0.2, 0) is 4.74 Å². The Bertz CT molecular complexity index is 251. The summed E-state index contributed by atoms with van der Waals surface area (Å²) in [5, 5.41) is 6.71.